The number of benzene rings is 2. The molecule has 0 fully saturated rings. The SMILES string of the molecule is NCCOc1cccc(NC(=O)c2ccccc2Cl)c1. The molecule has 0 aliphatic carbocycles. The third kappa shape index (κ3) is 3.73. The van der Waals surface area contributed by atoms with E-state index in [9.17, 15) is 4.79 Å². The van der Waals surface area contributed by atoms with Crippen LogP contribution in [0.2, 0.25) is 5.02 Å². The average molecular weight is 291 g/mol. The van der Waals surface area contributed by atoms with Crippen LogP contribution in [0, 0.1) is 0 Å². The van der Waals surface area contributed by atoms with Gasteiger partial charge in [0, 0.05) is 18.3 Å². The van der Waals surface area contributed by atoms with Gasteiger partial charge in [0.1, 0.15) is 12.4 Å². The van der Waals surface area contributed by atoms with E-state index in [1.165, 1.54) is 0 Å². The molecular formula is C15H15ClN2O2. The third-order valence-corrected chi connectivity index (χ3v) is 2.93. The molecule has 0 radical (unpaired) electrons. The maximum atomic E-state index is 12.1. The molecule has 0 unspecified atom stereocenters. The van der Waals surface area contributed by atoms with Crippen LogP contribution in [0.3, 0.4) is 0 Å². The monoisotopic (exact) mass is 290 g/mol. The highest BCUT2D eigenvalue weighted by Crippen LogP contribution is 2.20. The lowest BCUT2D eigenvalue weighted by molar-refractivity contribution is 0.102. The van der Waals surface area contributed by atoms with Crippen molar-refractivity contribution in [3.05, 3.63) is 59.1 Å². The first-order chi connectivity index (χ1) is 9.70. The van der Waals surface area contributed by atoms with E-state index in [2.05, 4.69) is 5.32 Å². The van der Waals surface area contributed by atoms with Crippen LogP contribution in [0.25, 0.3) is 0 Å². The molecule has 20 heavy (non-hydrogen) atoms. The van der Waals surface area contributed by atoms with E-state index >= 15 is 0 Å². The summed E-state index contributed by atoms with van der Waals surface area (Å²) in [4.78, 5) is 12.1. The van der Waals surface area contributed by atoms with Crippen molar-refractivity contribution in [1.82, 2.24) is 0 Å². The van der Waals surface area contributed by atoms with Crippen LogP contribution in [0.5, 0.6) is 5.75 Å². The molecule has 104 valence electrons. The number of carbonyl (C=O) groups excluding carboxylic acids is 1. The zero-order chi connectivity index (χ0) is 14.4. The van der Waals surface area contributed by atoms with Crippen LogP contribution in [0.4, 0.5) is 5.69 Å². The van der Waals surface area contributed by atoms with Crippen LogP contribution < -0.4 is 15.8 Å². The Balaban J connectivity index is 2.10. The van der Waals surface area contributed by atoms with Crippen molar-refractivity contribution in [1.29, 1.82) is 0 Å². The Morgan fingerprint density at radius 2 is 2.00 bits per heavy atom. The molecular weight excluding hydrogens is 276 g/mol. The van der Waals surface area contributed by atoms with Gasteiger partial charge in [0.25, 0.3) is 5.91 Å². The van der Waals surface area contributed by atoms with Crippen LogP contribution in [-0.4, -0.2) is 19.1 Å². The van der Waals surface area contributed by atoms with E-state index in [4.69, 9.17) is 22.1 Å². The van der Waals surface area contributed by atoms with Gasteiger partial charge in [0.2, 0.25) is 0 Å². The van der Waals surface area contributed by atoms with Crippen molar-refractivity contribution in [2.45, 2.75) is 0 Å². The maximum Gasteiger partial charge on any atom is 0.257 e. The highest BCUT2D eigenvalue weighted by molar-refractivity contribution is 6.34. The quantitative estimate of drug-likeness (QED) is 0.890. The summed E-state index contributed by atoms with van der Waals surface area (Å²) in [5.74, 6) is 0.402. The fourth-order valence-corrected chi connectivity index (χ4v) is 1.91. The normalized spacial score (nSPS) is 10.1. The topological polar surface area (TPSA) is 64.3 Å². The molecule has 0 saturated heterocycles. The number of ether oxygens (including phenoxy) is 1. The fourth-order valence-electron chi connectivity index (χ4n) is 1.68. The van der Waals surface area contributed by atoms with Gasteiger partial charge >= 0.3 is 0 Å². The fraction of sp³-hybridized carbons (Fsp3) is 0.133. The van der Waals surface area contributed by atoms with Crippen molar-refractivity contribution < 1.29 is 9.53 Å². The Kier molecular flexibility index (Phi) is 4.98. The lowest BCUT2D eigenvalue weighted by Gasteiger charge is -2.09. The van der Waals surface area contributed by atoms with E-state index in [-0.39, 0.29) is 5.91 Å². The molecule has 0 aromatic heterocycles. The van der Waals surface area contributed by atoms with Crippen molar-refractivity contribution >= 4 is 23.2 Å². The molecule has 2 aromatic rings. The van der Waals surface area contributed by atoms with Crippen LogP contribution >= 0.6 is 11.6 Å². The van der Waals surface area contributed by atoms with Gasteiger partial charge in [-0.1, -0.05) is 29.8 Å². The first kappa shape index (κ1) is 14.4. The molecule has 2 aromatic carbocycles. The minimum absolute atomic E-state index is 0.258. The standard InChI is InChI=1S/C15H15ClN2O2/c16-14-7-2-1-6-13(14)15(19)18-11-4-3-5-12(10-11)20-9-8-17/h1-7,10H,8-9,17H2,(H,18,19). The van der Waals surface area contributed by atoms with Gasteiger partial charge in [-0.3, -0.25) is 4.79 Å². The first-order valence-corrected chi connectivity index (χ1v) is 6.57. The second-order valence-electron chi connectivity index (χ2n) is 4.10. The molecule has 2 rings (SSSR count). The van der Waals surface area contributed by atoms with Gasteiger partial charge in [-0.15, -0.1) is 0 Å². The van der Waals surface area contributed by atoms with Gasteiger partial charge in [-0.05, 0) is 24.3 Å². The van der Waals surface area contributed by atoms with Gasteiger partial charge in [0.05, 0.1) is 10.6 Å². The Bertz CT molecular complexity index is 602. The molecule has 0 bridgehead atoms. The number of hydrogen-bond acceptors (Lipinski definition) is 3. The van der Waals surface area contributed by atoms with Crippen molar-refractivity contribution in [3.63, 3.8) is 0 Å². The maximum absolute atomic E-state index is 12.1. The summed E-state index contributed by atoms with van der Waals surface area (Å²) in [6.45, 7) is 0.873. The number of anilines is 1. The average Bonchev–Trinajstić information content (AvgIpc) is 2.46. The molecule has 0 atom stereocenters. The van der Waals surface area contributed by atoms with Gasteiger partial charge in [-0.2, -0.15) is 0 Å². The van der Waals surface area contributed by atoms with E-state index in [0.29, 0.717) is 35.2 Å². The number of halogens is 1. The number of carbonyl (C=O) groups is 1. The Labute approximate surface area is 122 Å². The van der Waals surface area contributed by atoms with Gasteiger partial charge < -0.3 is 15.8 Å². The predicted molar refractivity (Wildman–Crippen MR) is 80.4 cm³/mol. The summed E-state index contributed by atoms with van der Waals surface area (Å²) < 4.78 is 5.40. The Morgan fingerprint density at radius 1 is 1.20 bits per heavy atom. The summed E-state index contributed by atoms with van der Waals surface area (Å²) in [5, 5.41) is 3.20. The zero-order valence-electron chi connectivity index (χ0n) is 10.8. The number of rotatable bonds is 5. The van der Waals surface area contributed by atoms with E-state index in [1.54, 1.807) is 48.5 Å². The summed E-state index contributed by atoms with van der Waals surface area (Å²) in [5.41, 5.74) is 6.45. The van der Waals surface area contributed by atoms with Crippen molar-refractivity contribution in [3.8, 4) is 5.75 Å². The molecule has 1 amide bonds. The highest BCUT2D eigenvalue weighted by atomic mass is 35.5. The highest BCUT2D eigenvalue weighted by Gasteiger charge is 2.09. The lowest BCUT2D eigenvalue weighted by Crippen LogP contribution is -2.13. The van der Waals surface area contributed by atoms with Gasteiger partial charge in [-0.25, -0.2) is 0 Å². The second kappa shape index (κ2) is 6.93. The van der Waals surface area contributed by atoms with Crippen molar-refractivity contribution in [2.75, 3.05) is 18.5 Å². The molecule has 4 nitrogen and oxygen atoms in total. The molecule has 0 heterocycles. The second-order valence-corrected chi connectivity index (χ2v) is 4.51. The molecule has 0 spiro atoms. The molecule has 5 heteroatoms. The summed E-state index contributed by atoms with van der Waals surface area (Å²) in [7, 11) is 0. The minimum Gasteiger partial charge on any atom is -0.492 e. The summed E-state index contributed by atoms with van der Waals surface area (Å²) in [6.07, 6.45) is 0. The molecule has 0 aliphatic heterocycles. The summed E-state index contributed by atoms with van der Waals surface area (Å²) >= 11 is 5.99. The predicted octanol–water partition coefficient (Wildman–Crippen LogP) is 2.93. The van der Waals surface area contributed by atoms with Gasteiger partial charge in [0.15, 0.2) is 0 Å². The van der Waals surface area contributed by atoms with E-state index < -0.39 is 0 Å². The number of nitrogens with two attached hydrogens (primary N) is 1. The molecule has 0 aliphatic rings. The third-order valence-electron chi connectivity index (χ3n) is 2.60. The summed E-state index contributed by atoms with van der Waals surface area (Å²) in [6, 6.07) is 14.0. The largest absolute Gasteiger partial charge is 0.492 e. The van der Waals surface area contributed by atoms with E-state index in [0.717, 1.165) is 0 Å². The molecule has 0 saturated carbocycles. The van der Waals surface area contributed by atoms with Crippen LogP contribution in [0.15, 0.2) is 48.5 Å². The van der Waals surface area contributed by atoms with E-state index in [1.807, 2.05) is 0 Å². The Morgan fingerprint density at radius 3 is 2.75 bits per heavy atom. The lowest BCUT2D eigenvalue weighted by atomic mass is 10.2. The minimum atomic E-state index is -0.258. The van der Waals surface area contributed by atoms with Crippen LogP contribution in [-0.2, 0) is 0 Å². The van der Waals surface area contributed by atoms with Crippen LogP contribution in [0.1, 0.15) is 10.4 Å². The smallest absolute Gasteiger partial charge is 0.257 e. The first-order valence-electron chi connectivity index (χ1n) is 6.19. The number of nitrogens with one attached hydrogen (secondary N) is 1. The Hall–Kier alpha value is -2.04. The number of hydrogen-bond donors (Lipinski definition) is 2. The zero-order valence-corrected chi connectivity index (χ0v) is 11.6. The number of amides is 1. The van der Waals surface area contributed by atoms with Crippen molar-refractivity contribution in [2.24, 2.45) is 5.73 Å². The molecule has 3 N–H and O–H groups in total.